The van der Waals surface area contributed by atoms with Crippen molar-refractivity contribution in [3.8, 4) is 0 Å². The van der Waals surface area contributed by atoms with Gasteiger partial charge >= 0.3 is 0 Å². The maximum atomic E-state index is 10.4. The van der Waals surface area contributed by atoms with Gasteiger partial charge in [-0.3, -0.25) is 0 Å². The lowest BCUT2D eigenvalue weighted by atomic mass is 10.1. The average molecular weight is 328 g/mol. The summed E-state index contributed by atoms with van der Waals surface area (Å²) in [5.74, 6) is 1.27. The number of anilines is 1. The number of benzene rings is 1. The zero-order valence-electron chi connectivity index (χ0n) is 14.2. The van der Waals surface area contributed by atoms with Gasteiger partial charge in [0.1, 0.15) is 11.3 Å². The fraction of sp³-hybridized carbons (Fsp3) is 0.444. The Morgan fingerprint density at radius 1 is 1.17 bits per heavy atom. The van der Waals surface area contributed by atoms with E-state index in [1.54, 1.807) is 13.8 Å². The standard InChI is InChI=1S/C18H24N4O2/c1-18(2,24)11-22-14(9-5-6-10-23)21-15-16(22)12-7-3-4-8-13(12)20-17(15)19/h3-4,7-8,23-24H,5-6,9-11H2,1-2H3,(H2,19,20). The van der Waals surface area contributed by atoms with Crippen molar-refractivity contribution in [3.05, 3.63) is 30.1 Å². The number of pyridine rings is 1. The number of unbranched alkanes of at least 4 members (excludes halogenated alkanes) is 1. The lowest BCUT2D eigenvalue weighted by Gasteiger charge is -2.20. The highest BCUT2D eigenvalue weighted by Gasteiger charge is 2.22. The molecule has 2 aromatic heterocycles. The number of fused-ring (bicyclic) bond motifs is 3. The molecular formula is C18H24N4O2. The zero-order valence-corrected chi connectivity index (χ0v) is 14.2. The van der Waals surface area contributed by atoms with Crippen LogP contribution < -0.4 is 5.73 Å². The number of aliphatic hydroxyl groups is 2. The van der Waals surface area contributed by atoms with Crippen molar-refractivity contribution in [2.75, 3.05) is 12.3 Å². The van der Waals surface area contributed by atoms with Crippen molar-refractivity contribution >= 4 is 27.8 Å². The minimum absolute atomic E-state index is 0.165. The lowest BCUT2D eigenvalue weighted by Crippen LogP contribution is -2.27. The highest BCUT2D eigenvalue weighted by molar-refractivity contribution is 6.06. The molecule has 4 N–H and O–H groups in total. The van der Waals surface area contributed by atoms with Gasteiger partial charge in [-0.1, -0.05) is 18.2 Å². The monoisotopic (exact) mass is 328 g/mol. The van der Waals surface area contributed by atoms with E-state index in [1.807, 2.05) is 28.8 Å². The van der Waals surface area contributed by atoms with Crippen molar-refractivity contribution in [3.63, 3.8) is 0 Å². The summed E-state index contributed by atoms with van der Waals surface area (Å²) < 4.78 is 2.05. The Balaban J connectivity index is 2.24. The quantitative estimate of drug-likeness (QED) is 0.603. The molecule has 0 unspecified atom stereocenters. The molecule has 0 aliphatic carbocycles. The van der Waals surface area contributed by atoms with Gasteiger partial charge in [-0.25, -0.2) is 9.97 Å². The Kier molecular flexibility index (Phi) is 4.43. The first-order valence-electron chi connectivity index (χ1n) is 8.27. The number of nitrogen functional groups attached to an aromatic ring is 1. The molecule has 0 spiro atoms. The molecule has 1 aromatic carbocycles. The average Bonchev–Trinajstić information content (AvgIpc) is 2.86. The third-order valence-electron chi connectivity index (χ3n) is 4.04. The lowest BCUT2D eigenvalue weighted by molar-refractivity contribution is 0.0618. The van der Waals surface area contributed by atoms with E-state index in [2.05, 4.69) is 4.98 Å². The van der Waals surface area contributed by atoms with E-state index in [0.29, 0.717) is 17.9 Å². The van der Waals surface area contributed by atoms with E-state index in [4.69, 9.17) is 15.8 Å². The van der Waals surface area contributed by atoms with Crippen LogP contribution in [0.25, 0.3) is 21.9 Å². The van der Waals surface area contributed by atoms with Gasteiger partial charge in [0.15, 0.2) is 5.82 Å². The van der Waals surface area contributed by atoms with Crippen LogP contribution in [-0.4, -0.2) is 37.0 Å². The third kappa shape index (κ3) is 3.20. The van der Waals surface area contributed by atoms with E-state index in [0.717, 1.165) is 41.5 Å². The van der Waals surface area contributed by atoms with E-state index < -0.39 is 5.60 Å². The van der Waals surface area contributed by atoms with Crippen LogP contribution in [0.2, 0.25) is 0 Å². The second-order valence-corrected chi connectivity index (χ2v) is 6.82. The molecule has 6 heteroatoms. The predicted octanol–water partition coefficient (Wildman–Crippen LogP) is 2.25. The number of hydrogen-bond acceptors (Lipinski definition) is 5. The van der Waals surface area contributed by atoms with Gasteiger partial charge in [-0.05, 0) is 32.8 Å². The minimum Gasteiger partial charge on any atom is -0.396 e. The summed E-state index contributed by atoms with van der Waals surface area (Å²) in [5.41, 5.74) is 7.67. The molecule has 0 radical (unpaired) electrons. The summed E-state index contributed by atoms with van der Waals surface area (Å²) in [6, 6.07) is 7.83. The number of rotatable bonds is 6. The fourth-order valence-corrected chi connectivity index (χ4v) is 3.05. The summed E-state index contributed by atoms with van der Waals surface area (Å²) in [6.45, 7) is 4.15. The van der Waals surface area contributed by atoms with Crippen LogP contribution in [0.15, 0.2) is 24.3 Å². The molecule has 0 amide bonds. The molecule has 0 aliphatic heterocycles. The summed E-state index contributed by atoms with van der Waals surface area (Å²) in [7, 11) is 0. The predicted molar refractivity (Wildman–Crippen MR) is 95.8 cm³/mol. The van der Waals surface area contributed by atoms with E-state index in [9.17, 15) is 5.11 Å². The Morgan fingerprint density at radius 3 is 2.62 bits per heavy atom. The smallest absolute Gasteiger partial charge is 0.152 e. The van der Waals surface area contributed by atoms with Crippen molar-refractivity contribution in [1.82, 2.24) is 14.5 Å². The minimum atomic E-state index is -0.876. The zero-order chi connectivity index (χ0) is 17.3. The van der Waals surface area contributed by atoms with Gasteiger partial charge in [0.2, 0.25) is 0 Å². The molecule has 0 atom stereocenters. The molecule has 0 saturated carbocycles. The number of aliphatic hydroxyl groups excluding tert-OH is 1. The molecule has 2 heterocycles. The number of imidazole rings is 1. The molecule has 3 rings (SSSR count). The van der Waals surface area contributed by atoms with Crippen LogP contribution in [0.5, 0.6) is 0 Å². The first-order chi connectivity index (χ1) is 11.4. The Bertz CT molecular complexity index is 865. The largest absolute Gasteiger partial charge is 0.396 e. The first kappa shape index (κ1) is 16.7. The third-order valence-corrected chi connectivity index (χ3v) is 4.04. The van der Waals surface area contributed by atoms with Crippen molar-refractivity contribution in [1.29, 1.82) is 0 Å². The molecule has 0 saturated heterocycles. The highest BCUT2D eigenvalue weighted by Crippen LogP contribution is 2.30. The summed E-state index contributed by atoms with van der Waals surface area (Å²) >= 11 is 0. The number of nitrogens with zero attached hydrogens (tertiary/aromatic N) is 3. The molecular weight excluding hydrogens is 304 g/mol. The van der Waals surface area contributed by atoms with E-state index in [1.165, 1.54) is 0 Å². The second-order valence-electron chi connectivity index (χ2n) is 6.82. The number of aryl methyl sites for hydroxylation is 1. The van der Waals surface area contributed by atoms with Crippen molar-refractivity contribution < 1.29 is 10.2 Å². The summed E-state index contributed by atoms with van der Waals surface area (Å²) in [5, 5.41) is 20.4. The van der Waals surface area contributed by atoms with Crippen LogP contribution in [0, 0.1) is 0 Å². The molecule has 0 aliphatic rings. The Labute approximate surface area is 141 Å². The number of hydrogen-bond donors (Lipinski definition) is 3. The summed E-state index contributed by atoms with van der Waals surface area (Å²) in [4.78, 5) is 9.15. The van der Waals surface area contributed by atoms with Crippen LogP contribution in [0.4, 0.5) is 5.82 Å². The molecule has 3 aromatic rings. The number of nitrogens with two attached hydrogens (primary N) is 1. The number of aromatic nitrogens is 3. The summed E-state index contributed by atoms with van der Waals surface area (Å²) in [6.07, 6.45) is 2.27. The van der Waals surface area contributed by atoms with Gasteiger partial charge in [0, 0.05) is 18.4 Å². The highest BCUT2D eigenvalue weighted by atomic mass is 16.3. The SMILES string of the molecule is CC(C)(O)Cn1c(CCCCO)nc2c(N)nc3ccccc3c21. The second kappa shape index (κ2) is 6.37. The van der Waals surface area contributed by atoms with Crippen LogP contribution in [0.1, 0.15) is 32.5 Å². The van der Waals surface area contributed by atoms with Crippen LogP contribution in [-0.2, 0) is 13.0 Å². The molecule has 128 valence electrons. The van der Waals surface area contributed by atoms with Crippen molar-refractivity contribution in [2.45, 2.75) is 45.3 Å². The van der Waals surface area contributed by atoms with E-state index in [-0.39, 0.29) is 6.61 Å². The van der Waals surface area contributed by atoms with Crippen LogP contribution >= 0.6 is 0 Å². The molecule has 0 bridgehead atoms. The number of para-hydroxylation sites is 1. The normalized spacial score (nSPS) is 12.3. The Morgan fingerprint density at radius 2 is 1.92 bits per heavy atom. The molecule has 0 fully saturated rings. The van der Waals surface area contributed by atoms with Crippen LogP contribution in [0.3, 0.4) is 0 Å². The van der Waals surface area contributed by atoms with Gasteiger partial charge in [0.05, 0.1) is 23.2 Å². The van der Waals surface area contributed by atoms with Gasteiger partial charge in [-0.2, -0.15) is 0 Å². The molecule has 24 heavy (non-hydrogen) atoms. The maximum Gasteiger partial charge on any atom is 0.152 e. The van der Waals surface area contributed by atoms with E-state index >= 15 is 0 Å². The Hall–Kier alpha value is -2.18. The topological polar surface area (TPSA) is 97.2 Å². The first-order valence-corrected chi connectivity index (χ1v) is 8.27. The van der Waals surface area contributed by atoms with Gasteiger partial charge in [0.25, 0.3) is 0 Å². The van der Waals surface area contributed by atoms with Gasteiger partial charge < -0.3 is 20.5 Å². The van der Waals surface area contributed by atoms with Gasteiger partial charge in [-0.15, -0.1) is 0 Å². The fourth-order valence-electron chi connectivity index (χ4n) is 3.05. The van der Waals surface area contributed by atoms with Crippen molar-refractivity contribution in [2.24, 2.45) is 0 Å². The molecule has 6 nitrogen and oxygen atoms in total. The maximum absolute atomic E-state index is 10.4.